The van der Waals surface area contributed by atoms with Crippen LogP contribution in [0.15, 0.2) is 47.1 Å². The number of nitrogens with one attached hydrogen (secondary N) is 1. The van der Waals surface area contributed by atoms with Crippen LogP contribution >= 0.6 is 11.6 Å². The molecule has 1 saturated carbocycles. The molecule has 1 fully saturated rings. The SMILES string of the molecule is O=C(C#CC1(Nc2ccc(Cl)cc2)CCCCC1)c1ccco1. The molecule has 0 unspecified atom stereocenters. The van der Waals surface area contributed by atoms with Crippen LogP contribution in [0.2, 0.25) is 5.02 Å². The summed E-state index contributed by atoms with van der Waals surface area (Å²) in [5, 5.41) is 4.21. The molecular formula is C19H18ClNO2. The van der Waals surface area contributed by atoms with Gasteiger partial charge in [-0.3, -0.25) is 4.79 Å². The van der Waals surface area contributed by atoms with Crippen molar-refractivity contribution in [1.29, 1.82) is 0 Å². The number of hydrogen-bond acceptors (Lipinski definition) is 3. The van der Waals surface area contributed by atoms with E-state index in [1.54, 1.807) is 12.1 Å². The Balaban J connectivity index is 1.82. The molecule has 0 saturated heterocycles. The van der Waals surface area contributed by atoms with Crippen molar-refractivity contribution >= 4 is 23.1 Å². The lowest BCUT2D eigenvalue weighted by Crippen LogP contribution is -2.39. The second kappa shape index (κ2) is 6.93. The molecule has 0 bridgehead atoms. The number of carbonyl (C=O) groups excluding carboxylic acids is 1. The van der Waals surface area contributed by atoms with Gasteiger partial charge < -0.3 is 9.73 Å². The summed E-state index contributed by atoms with van der Waals surface area (Å²) < 4.78 is 5.11. The van der Waals surface area contributed by atoms with Gasteiger partial charge in [-0.25, -0.2) is 0 Å². The fourth-order valence-electron chi connectivity index (χ4n) is 2.89. The Kier molecular flexibility index (Phi) is 4.73. The molecule has 1 N–H and O–H groups in total. The van der Waals surface area contributed by atoms with Crippen LogP contribution in [0.25, 0.3) is 0 Å². The Hall–Kier alpha value is -2.18. The molecule has 0 spiro atoms. The summed E-state index contributed by atoms with van der Waals surface area (Å²) >= 11 is 5.94. The Labute approximate surface area is 141 Å². The lowest BCUT2D eigenvalue weighted by atomic mass is 9.81. The van der Waals surface area contributed by atoms with Crippen molar-refractivity contribution in [3.63, 3.8) is 0 Å². The van der Waals surface area contributed by atoms with E-state index in [4.69, 9.17) is 16.0 Å². The third-order valence-corrected chi connectivity index (χ3v) is 4.35. The molecule has 1 aliphatic rings. The van der Waals surface area contributed by atoms with Crippen LogP contribution in [0.1, 0.15) is 42.7 Å². The zero-order valence-corrected chi connectivity index (χ0v) is 13.5. The van der Waals surface area contributed by atoms with E-state index in [0.717, 1.165) is 31.4 Å². The van der Waals surface area contributed by atoms with Crippen LogP contribution in [0.3, 0.4) is 0 Å². The maximum absolute atomic E-state index is 12.1. The molecule has 0 amide bonds. The van der Waals surface area contributed by atoms with Gasteiger partial charge in [0.15, 0.2) is 5.76 Å². The topological polar surface area (TPSA) is 42.2 Å². The largest absolute Gasteiger partial charge is 0.460 e. The van der Waals surface area contributed by atoms with E-state index in [9.17, 15) is 4.79 Å². The quantitative estimate of drug-likeness (QED) is 0.493. The lowest BCUT2D eigenvalue weighted by molar-refractivity contribution is 0.103. The normalized spacial score (nSPS) is 16.2. The lowest BCUT2D eigenvalue weighted by Gasteiger charge is -2.34. The Morgan fingerprint density at radius 3 is 2.52 bits per heavy atom. The van der Waals surface area contributed by atoms with Crippen molar-refractivity contribution in [3.8, 4) is 11.8 Å². The Morgan fingerprint density at radius 1 is 1.13 bits per heavy atom. The van der Waals surface area contributed by atoms with Gasteiger partial charge in [-0.1, -0.05) is 36.8 Å². The molecule has 0 atom stereocenters. The number of carbonyl (C=O) groups is 1. The van der Waals surface area contributed by atoms with Crippen molar-refractivity contribution in [2.75, 3.05) is 5.32 Å². The van der Waals surface area contributed by atoms with Crippen LogP contribution in [-0.4, -0.2) is 11.3 Å². The molecule has 1 heterocycles. The number of rotatable bonds is 3. The van der Waals surface area contributed by atoms with Crippen molar-refractivity contribution in [2.24, 2.45) is 0 Å². The van der Waals surface area contributed by atoms with Gasteiger partial charge >= 0.3 is 0 Å². The Morgan fingerprint density at radius 2 is 1.87 bits per heavy atom. The van der Waals surface area contributed by atoms with Gasteiger partial charge in [0.1, 0.15) is 0 Å². The van der Waals surface area contributed by atoms with Crippen molar-refractivity contribution < 1.29 is 9.21 Å². The predicted molar refractivity (Wildman–Crippen MR) is 91.7 cm³/mol. The molecular weight excluding hydrogens is 310 g/mol. The number of anilines is 1. The average Bonchev–Trinajstić information content (AvgIpc) is 3.10. The Bertz CT molecular complexity index is 717. The maximum atomic E-state index is 12.1. The van der Waals surface area contributed by atoms with Crippen LogP contribution in [-0.2, 0) is 0 Å². The molecule has 2 aromatic rings. The summed E-state index contributed by atoms with van der Waals surface area (Å²) in [7, 11) is 0. The molecule has 3 nitrogen and oxygen atoms in total. The van der Waals surface area contributed by atoms with E-state index >= 15 is 0 Å². The van der Waals surface area contributed by atoms with Gasteiger partial charge in [-0.05, 0) is 55.2 Å². The fraction of sp³-hybridized carbons (Fsp3) is 0.316. The summed E-state index contributed by atoms with van der Waals surface area (Å²) in [5.74, 6) is 5.95. The zero-order valence-electron chi connectivity index (χ0n) is 12.8. The third kappa shape index (κ3) is 3.97. The summed E-state index contributed by atoms with van der Waals surface area (Å²) in [6.07, 6.45) is 6.74. The van der Waals surface area contributed by atoms with Gasteiger partial charge in [0.25, 0.3) is 5.78 Å². The molecule has 0 radical (unpaired) electrons. The average molecular weight is 328 g/mol. The molecule has 1 aromatic carbocycles. The second-order valence-corrected chi connectivity index (χ2v) is 6.27. The van der Waals surface area contributed by atoms with E-state index in [1.807, 2.05) is 24.3 Å². The summed E-state index contributed by atoms with van der Waals surface area (Å²) in [5.41, 5.74) is 0.602. The molecule has 118 valence electrons. The number of Topliss-reactive ketones (excluding diaryl/α,β-unsaturated/α-hetero) is 1. The van der Waals surface area contributed by atoms with Crippen LogP contribution in [0.5, 0.6) is 0 Å². The highest BCUT2D eigenvalue weighted by molar-refractivity contribution is 6.30. The second-order valence-electron chi connectivity index (χ2n) is 5.83. The summed E-state index contributed by atoms with van der Waals surface area (Å²) in [6, 6.07) is 10.9. The van der Waals surface area contributed by atoms with Crippen LogP contribution in [0.4, 0.5) is 5.69 Å². The molecule has 1 aromatic heterocycles. The maximum Gasteiger partial charge on any atom is 0.271 e. The number of benzene rings is 1. The number of halogens is 1. The van der Waals surface area contributed by atoms with Crippen molar-refractivity contribution in [3.05, 3.63) is 53.4 Å². The highest BCUT2D eigenvalue weighted by Gasteiger charge is 2.30. The van der Waals surface area contributed by atoms with Gasteiger partial charge in [0, 0.05) is 10.7 Å². The van der Waals surface area contributed by atoms with E-state index in [1.165, 1.54) is 12.7 Å². The standard InChI is InChI=1S/C19H18ClNO2/c20-15-6-8-16(9-7-15)21-19(11-2-1-3-12-19)13-10-17(22)18-5-4-14-23-18/h4-9,14,21H,1-3,11-12H2. The smallest absolute Gasteiger partial charge is 0.271 e. The molecule has 3 rings (SSSR count). The van der Waals surface area contributed by atoms with Crippen LogP contribution < -0.4 is 5.32 Å². The summed E-state index contributed by atoms with van der Waals surface area (Å²) in [4.78, 5) is 12.1. The highest BCUT2D eigenvalue weighted by Crippen LogP contribution is 2.31. The number of furan rings is 1. The van der Waals surface area contributed by atoms with E-state index in [2.05, 4.69) is 17.2 Å². The molecule has 0 aliphatic heterocycles. The number of hydrogen-bond donors (Lipinski definition) is 1. The van der Waals surface area contributed by atoms with Crippen molar-refractivity contribution in [1.82, 2.24) is 0 Å². The van der Waals surface area contributed by atoms with Crippen LogP contribution in [0, 0.1) is 11.8 Å². The van der Waals surface area contributed by atoms with Gasteiger partial charge in [-0.2, -0.15) is 0 Å². The van der Waals surface area contributed by atoms with Gasteiger partial charge in [0.05, 0.1) is 11.8 Å². The molecule has 4 heteroatoms. The first kappa shape index (κ1) is 15.7. The molecule has 1 aliphatic carbocycles. The van der Waals surface area contributed by atoms with Gasteiger partial charge in [0.2, 0.25) is 0 Å². The van der Waals surface area contributed by atoms with Crippen molar-refractivity contribution in [2.45, 2.75) is 37.6 Å². The predicted octanol–water partition coefficient (Wildman–Crippen LogP) is 4.93. The summed E-state index contributed by atoms with van der Waals surface area (Å²) in [6.45, 7) is 0. The minimum absolute atomic E-state index is 0.280. The first-order valence-electron chi connectivity index (χ1n) is 7.82. The first-order valence-corrected chi connectivity index (χ1v) is 8.19. The molecule has 23 heavy (non-hydrogen) atoms. The van der Waals surface area contributed by atoms with E-state index < -0.39 is 0 Å². The minimum atomic E-state index is -0.367. The van der Waals surface area contributed by atoms with E-state index in [0.29, 0.717) is 5.02 Å². The number of ketones is 1. The minimum Gasteiger partial charge on any atom is -0.460 e. The highest BCUT2D eigenvalue weighted by atomic mass is 35.5. The fourth-order valence-corrected chi connectivity index (χ4v) is 3.02. The first-order chi connectivity index (χ1) is 11.2. The van der Waals surface area contributed by atoms with Gasteiger partial charge in [-0.15, -0.1) is 0 Å². The van der Waals surface area contributed by atoms with E-state index in [-0.39, 0.29) is 17.1 Å². The zero-order chi connectivity index (χ0) is 16.1. The third-order valence-electron chi connectivity index (χ3n) is 4.10. The monoisotopic (exact) mass is 327 g/mol.